The number of fused-ring (bicyclic) bond motifs is 1. The fraction of sp³-hybridized carbons (Fsp3) is 0.368. The summed E-state index contributed by atoms with van der Waals surface area (Å²) in [4.78, 5) is 1.53. The lowest BCUT2D eigenvalue weighted by molar-refractivity contribution is 0.195. The van der Waals surface area contributed by atoms with Gasteiger partial charge in [-0.3, -0.25) is 0 Å². The number of methoxy groups -OCH3 is 1. The Morgan fingerprint density at radius 1 is 0.958 bits per heavy atom. The second-order valence-electron chi connectivity index (χ2n) is 6.29. The topological polar surface area (TPSA) is 60.2 Å². The molecule has 3 rings (SSSR count). The summed E-state index contributed by atoms with van der Waals surface area (Å²) in [6.45, 7) is 6.74. The van der Waals surface area contributed by atoms with Crippen LogP contribution in [-0.4, -0.2) is 33.8 Å². The molecule has 3 aromatic rings. The van der Waals surface area contributed by atoms with Crippen LogP contribution in [0.2, 0.25) is 0 Å². The van der Waals surface area contributed by atoms with Gasteiger partial charge in [0.1, 0.15) is 22.5 Å². The zero-order valence-electron chi connectivity index (χ0n) is 14.6. The van der Waals surface area contributed by atoms with E-state index in [0.717, 1.165) is 41.6 Å². The summed E-state index contributed by atoms with van der Waals surface area (Å²) in [5, 5.41) is 19.5. The van der Waals surface area contributed by atoms with E-state index in [1.165, 1.54) is 15.9 Å². The second-order valence-corrected chi connectivity index (χ2v) is 6.29. The van der Waals surface area contributed by atoms with Gasteiger partial charge in [0.25, 0.3) is 0 Å². The van der Waals surface area contributed by atoms with Crippen molar-refractivity contribution in [3.63, 3.8) is 0 Å². The predicted molar refractivity (Wildman–Crippen MR) is 94.9 cm³/mol. The van der Waals surface area contributed by atoms with Crippen LogP contribution < -0.4 is 0 Å². The molecule has 0 fully saturated rings. The standard InChI is InChI=1S/C19H23N3O2/c1-12-9-16-17(10-13(12)2)21-22(20-16)18-11-15(6-5-7-24-4)8-14(3)19(18)23/h8-11,23H,5-7H2,1-4H3. The minimum atomic E-state index is 0.222. The highest BCUT2D eigenvalue weighted by atomic mass is 16.5. The van der Waals surface area contributed by atoms with Crippen LogP contribution in [0.25, 0.3) is 16.7 Å². The fourth-order valence-electron chi connectivity index (χ4n) is 2.83. The quantitative estimate of drug-likeness (QED) is 0.728. The van der Waals surface area contributed by atoms with Gasteiger partial charge in [-0.15, -0.1) is 15.0 Å². The molecule has 1 N–H and O–H groups in total. The number of benzene rings is 2. The van der Waals surface area contributed by atoms with Crippen molar-refractivity contribution in [3.05, 3.63) is 46.5 Å². The maximum Gasteiger partial charge on any atom is 0.146 e. The first-order chi connectivity index (χ1) is 11.5. The molecule has 1 heterocycles. The van der Waals surface area contributed by atoms with E-state index in [0.29, 0.717) is 5.69 Å². The van der Waals surface area contributed by atoms with Gasteiger partial charge >= 0.3 is 0 Å². The molecule has 0 bridgehead atoms. The zero-order valence-corrected chi connectivity index (χ0v) is 14.6. The molecule has 0 aliphatic carbocycles. The molecule has 24 heavy (non-hydrogen) atoms. The maximum atomic E-state index is 10.5. The van der Waals surface area contributed by atoms with E-state index in [1.807, 2.05) is 31.2 Å². The van der Waals surface area contributed by atoms with Gasteiger partial charge in [0.2, 0.25) is 0 Å². The van der Waals surface area contributed by atoms with Crippen molar-refractivity contribution in [2.75, 3.05) is 13.7 Å². The van der Waals surface area contributed by atoms with Crippen LogP contribution in [0, 0.1) is 20.8 Å². The molecule has 0 aliphatic heterocycles. The van der Waals surface area contributed by atoms with Gasteiger partial charge in [0.05, 0.1) is 0 Å². The van der Waals surface area contributed by atoms with Crippen molar-refractivity contribution in [1.29, 1.82) is 0 Å². The molecule has 5 nitrogen and oxygen atoms in total. The second kappa shape index (κ2) is 6.61. The minimum Gasteiger partial charge on any atom is -0.505 e. The third-order valence-corrected chi connectivity index (χ3v) is 4.37. The average Bonchev–Trinajstić information content (AvgIpc) is 2.93. The number of rotatable bonds is 5. The largest absolute Gasteiger partial charge is 0.505 e. The van der Waals surface area contributed by atoms with Gasteiger partial charge in [0.15, 0.2) is 0 Å². The van der Waals surface area contributed by atoms with E-state index < -0.39 is 0 Å². The van der Waals surface area contributed by atoms with Crippen LogP contribution in [0.15, 0.2) is 24.3 Å². The molecular weight excluding hydrogens is 302 g/mol. The summed E-state index contributed by atoms with van der Waals surface area (Å²) >= 11 is 0. The van der Waals surface area contributed by atoms with Crippen molar-refractivity contribution in [1.82, 2.24) is 15.0 Å². The van der Waals surface area contributed by atoms with Crippen LogP contribution in [0.1, 0.15) is 28.7 Å². The molecule has 0 saturated heterocycles. The molecular formula is C19H23N3O2. The Morgan fingerprint density at radius 3 is 2.17 bits per heavy atom. The number of phenolic OH excluding ortho intramolecular Hbond substituents is 1. The Balaban J connectivity index is 2.04. The highest BCUT2D eigenvalue weighted by Gasteiger charge is 2.13. The Bertz CT molecular complexity index is 845. The van der Waals surface area contributed by atoms with E-state index >= 15 is 0 Å². The van der Waals surface area contributed by atoms with Gasteiger partial charge in [-0.05, 0) is 74.1 Å². The Hall–Kier alpha value is -2.40. The minimum absolute atomic E-state index is 0.222. The van der Waals surface area contributed by atoms with E-state index in [2.05, 4.69) is 24.0 Å². The number of hydrogen-bond donors (Lipinski definition) is 1. The highest BCUT2D eigenvalue weighted by molar-refractivity contribution is 5.76. The first kappa shape index (κ1) is 16.5. The Morgan fingerprint density at radius 2 is 1.58 bits per heavy atom. The number of phenols is 1. The predicted octanol–water partition coefficient (Wildman–Crippen LogP) is 3.63. The summed E-state index contributed by atoms with van der Waals surface area (Å²) in [5.41, 5.74) is 6.63. The van der Waals surface area contributed by atoms with Crippen molar-refractivity contribution < 1.29 is 9.84 Å². The maximum absolute atomic E-state index is 10.5. The Kier molecular flexibility index (Phi) is 4.53. The summed E-state index contributed by atoms with van der Waals surface area (Å²) in [6, 6.07) is 8.02. The van der Waals surface area contributed by atoms with Crippen molar-refractivity contribution >= 4 is 11.0 Å². The van der Waals surface area contributed by atoms with Crippen LogP contribution in [0.3, 0.4) is 0 Å². The monoisotopic (exact) mass is 325 g/mol. The van der Waals surface area contributed by atoms with Crippen LogP contribution in [-0.2, 0) is 11.2 Å². The van der Waals surface area contributed by atoms with Gasteiger partial charge in [-0.1, -0.05) is 6.07 Å². The summed E-state index contributed by atoms with van der Waals surface area (Å²) in [6.07, 6.45) is 1.83. The summed E-state index contributed by atoms with van der Waals surface area (Å²) < 4.78 is 5.12. The lowest BCUT2D eigenvalue weighted by atomic mass is 10.0. The van der Waals surface area contributed by atoms with Crippen molar-refractivity contribution in [2.24, 2.45) is 0 Å². The first-order valence-electron chi connectivity index (χ1n) is 8.15. The van der Waals surface area contributed by atoms with Crippen LogP contribution in [0.4, 0.5) is 0 Å². The molecule has 126 valence electrons. The number of aryl methyl sites for hydroxylation is 4. The molecule has 2 aromatic carbocycles. The highest BCUT2D eigenvalue weighted by Crippen LogP contribution is 2.28. The van der Waals surface area contributed by atoms with E-state index in [-0.39, 0.29) is 5.75 Å². The number of ether oxygens (including phenoxy) is 1. The third-order valence-electron chi connectivity index (χ3n) is 4.37. The molecule has 0 radical (unpaired) electrons. The van der Waals surface area contributed by atoms with E-state index in [1.54, 1.807) is 7.11 Å². The lowest BCUT2D eigenvalue weighted by Gasteiger charge is -2.10. The van der Waals surface area contributed by atoms with Crippen molar-refractivity contribution in [2.45, 2.75) is 33.6 Å². The molecule has 0 aliphatic rings. The molecule has 1 aromatic heterocycles. The zero-order chi connectivity index (χ0) is 17.3. The van der Waals surface area contributed by atoms with E-state index in [4.69, 9.17) is 4.74 Å². The number of aromatic nitrogens is 3. The third kappa shape index (κ3) is 3.12. The van der Waals surface area contributed by atoms with Crippen LogP contribution >= 0.6 is 0 Å². The van der Waals surface area contributed by atoms with E-state index in [9.17, 15) is 5.11 Å². The number of nitrogens with zero attached hydrogens (tertiary/aromatic N) is 3. The fourth-order valence-corrected chi connectivity index (χ4v) is 2.83. The number of hydrogen-bond acceptors (Lipinski definition) is 4. The molecule has 0 spiro atoms. The molecule has 5 heteroatoms. The first-order valence-corrected chi connectivity index (χ1v) is 8.15. The Labute approximate surface area is 141 Å². The molecule has 0 atom stereocenters. The SMILES string of the molecule is COCCCc1cc(C)c(O)c(-n2nc3cc(C)c(C)cc3n2)c1. The molecule has 0 saturated carbocycles. The van der Waals surface area contributed by atoms with Crippen molar-refractivity contribution in [3.8, 4) is 11.4 Å². The van der Waals surface area contributed by atoms with Gasteiger partial charge in [-0.2, -0.15) is 0 Å². The molecule has 0 amide bonds. The smallest absolute Gasteiger partial charge is 0.146 e. The van der Waals surface area contributed by atoms with Gasteiger partial charge < -0.3 is 9.84 Å². The molecule has 0 unspecified atom stereocenters. The number of aromatic hydroxyl groups is 1. The normalized spacial score (nSPS) is 11.3. The van der Waals surface area contributed by atoms with Gasteiger partial charge in [-0.25, -0.2) is 0 Å². The van der Waals surface area contributed by atoms with Gasteiger partial charge in [0, 0.05) is 13.7 Å². The lowest BCUT2D eigenvalue weighted by Crippen LogP contribution is -2.02. The van der Waals surface area contributed by atoms with Crippen LogP contribution in [0.5, 0.6) is 5.75 Å². The summed E-state index contributed by atoms with van der Waals surface area (Å²) in [7, 11) is 1.71. The summed E-state index contributed by atoms with van der Waals surface area (Å²) in [5.74, 6) is 0.222. The average molecular weight is 325 g/mol.